The Balaban J connectivity index is 3.23. The highest BCUT2D eigenvalue weighted by molar-refractivity contribution is 4.66. The minimum absolute atomic E-state index is 1.11. The first kappa shape index (κ1) is 11.5. The van der Waals surface area contributed by atoms with Gasteiger partial charge in [0.15, 0.2) is 0 Å². The van der Waals surface area contributed by atoms with E-state index < -0.39 is 0 Å². The van der Waals surface area contributed by atoms with Crippen LogP contribution in [0.5, 0.6) is 0 Å². The first-order valence-corrected chi connectivity index (χ1v) is 4.72. The van der Waals surface area contributed by atoms with Crippen molar-refractivity contribution in [3.63, 3.8) is 0 Å². The topological polar surface area (TPSA) is 6.48 Å². The summed E-state index contributed by atoms with van der Waals surface area (Å²) >= 11 is 0. The molecule has 0 spiro atoms. The third-order valence-electron chi connectivity index (χ3n) is 1.97. The molecule has 0 aromatic carbocycles. The van der Waals surface area contributed by atoms with Crippen molar-refractivity contribution < 1.29 is 0 Å². The van der Waals surface area contributed by atoms with E-state index in [-0.39, 0.29) is 0 Å². The third kappa shape index (κ3) is 6.23. The predicted molar refractivity (Wildman–Crippen MR) is 55.2 cm³/mol. The third-order valence-corrected chi connectivity index (χ3v) is 1.97. The maximum atomic E-state index is 3.71. The van der Waals surface area contributed by atoms with E-state index in [4.69, 9.17) is 0 Å². The first-order valence-electron chi connectivity index (χ1n) is 4.72. The lowest BCUT2D eigenvalue weighted by Crippen LogP contribution is -2.23. The molecule has 2 heteroatoms. The van der Waals surface area contributed by atoms with Crippen molar-refractivity contribution in [3.8, 4) is 0 Å². The maximum absolute atomic E-state index is 3.71. The van der Waals surface area contributed by atoms with Crippen molar-refractivity contribution in [1.29, 1.82) is 0 Å². The molecule has 0 saturated carbocycles. The van der Waals surface area contributed by atoms with Crippen molar-refractivity contribution in [1.82, 2.24) is 9.80 Å². The second-order valence-electron chi connectivity index (χ2n) is 3.32. The van der Waals surface area contributed by atoms with Gasteiger partial charge in [-0.1, -0.05) is 13.5 Å². The number of hydrogen-bond donors (Lipinski definition) is 0. The average Bonchev–Trinajstić information content (AvgIpc) is 2.04. The van der Waals surface area contributed by atoms with E-state index >= 15 is 0 Å². The Bertz CT molecular complexity index is 112. The zero-order valence-electron chi connectivity index (χ0n) is 8.71. The summed E-state index contributed by atoms with van der Waals surface area (Å²) in [4.78, 5) is 4.50. The highest BCUT2D eigenvalue weighted by atomic mass is 15.1. The Morgan fingerprint density at radius 3 is 2.33 bits per heavy atom. The standard InChI is InChI=1S/C10H22N2/c1-5-8-12(4)10-7-9-11(3)6-2/h6H,2,5,7-10H2,1,3-4H3. The Morgan fingerprint density at radius 2 is 1.83 bits per heavy atom. The van der Waals surface area contributed by atoms with Gasteiger partial charge in [0.25, 0.3) is 0 Å². The van der Waals surface area contributed by atoms with Crippen molar-refractivity contribution in [2.24, 2.45) is 0 Å². The fraction of sp³-hybridized carbons (Fsp3) is 0.800. The molecule has 0 atom stereocenters. The molecule has 0 unspecified atom stereocenters. The van der Waals surface area contributed by atoms with E-state index in [0.29, 0.717) is 0 Å². The quantitative estimate of drug-likeness (QED) is 0.575. The summed E-state index contributed by atoms with van der Waals surface area (Å²) in [6, 6.07) is 0. The lowest BCUT2D eigenvalue weighted by molar-refractivity contribution is 0.309. The van der Waals surface area contributed by atoms with Gasteiger partial charge in [0.1, 0.15) is 0 Å². The van der Waals surface area contributed by atoms with Crippen LogP contribution in [0.3, 0.4) is 0 Å². The molecule has 0 aliphatic heterocycles. The molecule has 2 nitrogen and oxygen atoms in total. The van der Waals surface area contributed by atoms with Crippen LogP contribution in [0.4, 0.5) is 0 Å². The molecule has 0 aliphatic rings. The lowest BCUT2D eigenvalue weighted by atomic mass is 10.3. The molecule has 0 rings (SSSR count). The first-order chi connectivity index (χ1) is 5.70. The van der Waals surface area contributed by atoms with Crippen LogP contribution in [0, 0.1) is 0 Å². The summed E-state index contributed by atoms with van der Waals surface area (Å²) in [6.45, 7) is 9.42. The Kier molecular flexibility index (Phi) is 6.87. The largest absolute Gasteiger partial charge is 0.381 e. The molecule has 0 saturated heterocycles. The molecule has 0 aromatic heterocycles. The van der Waals surface area contributed by atoms with Crippen molar-refractivity contribution in [2.75, 3.05) is 33.7 Å². The molecule has 0 aromatic rings. The molecule has 0 amide bonds. The van der Waals surface area contributed by atoms with Crippen LogP contribution in [0.25, 0.3) is 0 Å². The van der Waals surface area contributed by atoms with Gasteiger partial charge in [-0.05, 0) is 39.2 Å². The lowest BCUT2D eigenvalue weighted by Gasteiger charge is -2.18. The summed E-state index contributed by atoms with van der Waals surface area (Å²) in [5.74, 6) is 0. The highest BCUT2D eigenvalue weighted by Crippen LogP contribution is 1.92. The van der Waals surface area contributed by atoms with Gasteiger partial charge >= 0.3 is 0 Å². The zero-order valence-corrected chi connectivity index (χ0v) is 8.71. The minimum Gasteiger partial charge on any atom is -0.381 e. The van der Waals surface area contributed by atoms with Crippen LogP contribution in [-0.4, -0.2) is 43.5 Å². The van der Waals surface area contributed by atoms with Crippen LogP contribution in [0.15, 0.2) is 12.8 Å². The monoisotopic (exact) mass is 170 g/mol. The number of nitrogens with zero attached hydrogens (tertiary/aromatic N) is 2. The van der Waals surface area contributed by atoms with Gasteiger partial charge in [-0.15, -0.1) is 0 Å². The summed E-state index contributed by atoms with van der Waals surface area (Å²) in [5, 5.41) is 0. The van der Waals surface area contributed by atoms with Crippen LogP contribution in [0.1, 0.15) is 19.8 Å². The van der Waals surface area contributed by atoms with Crippen molar-refractivity contribution in [2.45, 2.75) is 19.8 Å². The summed E-state index contributed by atoms with van der Waals surface area (Å²) < 4.78 is 0. The Morgan fingerprint density at radius 1 is 1.17 bits per heavy atom. The zero-order chi connectivity index (χ0) is 9.40. The molecule has 0 aliphatic carbocycles. The molecule has 0 bridgehead atoms. The van der Waals surface area contributed by atoms with Crippen molar-refractivity contribution in [3.05, 3.63) is 12.8 Å². The second-order valence-corrected chi connectivity index (χ2v) is 3.32. The average molecular weight is 170 g/mol. The molecule has 0 fully saturated rings. The molecule has 0 heterocycles. The number of hydrogen-bond acceptors (Lipinski definition) is 2. The Hall–Kier alpha value is -0.500. The SMILES string of the molecule is C=CN(C)CCCN(C)CCC. The van der Waals surface area contributed by atoms with Gasteiger partial charge in [-0.3, -0.25) is 0 Å². The van der Waals surface area contributed by atoms with Crippen LogP contribution < -0.4 is 0 Å². The van der Waals surface area contributed by atoms with Gasteiger partial charge in [-0.2, -0.15) is 0 Å². The molecule has 72 valence electrons. The van der Waals surface area contributed by atoms with E-state index in [0.717, 1.165) is 6.54 Å². The molecule has 0 N–H and O–H groups in total. The van der Waals surface area contributed by atoms with Crippen LogP contribution in [0.2, 0.25) is 0 Å². The molecule has 0 radical (unpaired) electrons. The highest BCUT2D eigenvalue weighted by Gasteiger charge is 1.96. The van der Waals surface area contributed by atoms with Gasteiger partial charge < -0.3 is 9.80 Å². The van der Waals surface area contributed by atoms with Crippen LogP contribution >= 0.6 is 0 Å². The van der Waals surface area contributed by atoms with E-state index in [9.17, 15) is 0 Å². The van der Waals surface area contributed by atoms with E-state index in [1.165, 1.54) is 25.9 Å². The fourth-order valence-electron chi connectivity index (χ4n) is 1.17. The van der Waals surface area contributed by atoms with Crippen LogP contribution in [-0.2, 0) is 0 Å². The normalized spacial score (nSPS) is 10.3. The molecule has 12 heavy (non-hydrogen) atoms. The van der Waals surface area contributed by atoms with Crippen molar-refractivity contribution >= 4 is 0 Å². The van der Waals surface area contributed by atoms with Gasteiger partial charge in [0.05, 0.1) is 0 Å². The van der Waals surface area contributed by atoms with Gasteiger partial charge in [0, 0.05) is 13.6 Å². The molecular formula is C10H22N2. The smallest absolute Gasteiger partial charge is 0.0181 e. The van der Waals surface area contributed by atoms with E-state index in [1.807, 2.05) is 6.20 Å². The fourth-order valence-corrected chi connectivity index (χ4v) is 1.17. The van der Waals surface area contributed by atoms with E-state index in [2.05, 4.69) is 37.4 Å². The summed E-state index contributed by atoms with van der Waals surface area (Å²) in [5.41, 5.74) is 0. The second kappa shape index (κ2) is 7.17. The van der Waals surface area contributed by atoms with Gasteiger partial charge in [-0.25, -0.2) is 0 Å². The Labute approximate surface area is 76.9 Å². The maximum Gasteiger partial charge on any atom is 0.0181 e. The summed E-state index contributed by atoms with van der Waals surface area (Å²) in [7, 11) is 4.24. The van der Waals surface area contributed by atoms with E-state index in [1.54, 1.807) is 0 Å². The minimum atomic E-state index is 1.11. The number of rotatable bonds is 7. The summed E-state index contributed by atoms with van der Waals surface area (Å²) in [6.07, 6.45) is 4.34. The molecular weight excluding hydrogens is 148 g/mol. The van der Waals surface area contributed by atoms with Gasteiger partial charge in [0.2, 0.25) is 0 Å². The predicted octanol–water partition coefficient (Wildman–Crippen LogP) is 1.79.